The van der Waals surface area contributed by atoms with Gasteiger partial charge in [-0.25, -0.2) is 0 Å². The normalized spacial score (nSPS) is 19.4. The molecule has 5 heteroatoms. The summed E-state index contributed by atoms with van der Waals surface area (Å²) in [4.78, 5) is 12.2. The van der Waals surface area contributed by atoms with Gasteiger partial charge in [0.15, 0.2) is 0 Å². The fraction of sp³-hybridized carbons (Fsp3) is 0.933. The summed E-state index contributed by atoms with van der Waals surface area (Å²) in [6, 6.07) is 0.449. The Morgan fingerprint density at radius 2 is 2.10 bits per heavy atom. The predicted molar refractivity (Wildman–Crippen MR) is 77.7 cm³/mol. The average Bonchev–Trinajstić information content (AvgIpc) is 3.18. The summed E-state index contributed by atoms with van der Waals surface area (Å²) in [6.07, 6.45) is 3.77. The van der Waals surface area contributed by atoms with Crippen LogP contribution in [0.3, 0.4) is 0 Å². The SMILES string of the molecule is CCOC(=O)C(C)(CC(C)OCCCOC)NC1CC1. The first kappa shape index (κ1) is 17.4. The Morgan fingerprint density at radius 1 is 1.40 bits per heavy atom. The van der Waals surface area contributed by atoms with Crippen LogP contribution >= 0.6 is 0 Å². The second kappa shape index (κ2) is 8.60. The molecule has 1 aliphatic carbocycles. The standard InChI is InChI=1S/C15H29NO4/c1-5-19-14(17)15(3,16-13-7-8-13)11-12(2)20-10-6-9-18-4/h12-13,16H,5-11H2,1-4H3. The van der Waals surface area contributed by atoms with Gasteiger partial charge in [0.1, 0.15) is 5.54 Å². The van der Waals surface area contributed by atoms with Gasteiger partial charge < -0.3 is 14.2 Å². The highest BCUT2D eigenvalue weighted by molar-refractivity contribution is 5.80. The molecule has 0 amide bonds. The second-order valence-electron chi connectivity index (χ2n) is 5.70. The zero-order chi connectivity index (χ0) is 15.0. The van der Waals surface area contributed by atoms with Gasteiger partial charge in [-0.05, 0) is 40.0 Å². The summed E-state index contributed by atoms with van der Waals surface area (Å²) in [5.41, 5.74) is -0.655. The van der Waals surface area contributed by atoms with E-state index in [1.807, 2.05) is 20.8 Å². The van der Waals surface area contributed by atoms with Crippen molar-refractivity contribution in [3.8, 4) is 0 Å². The van der Waals surface area contributed by atoms with E-state index in [4.69, 9.17) is 14.2 Å². The molecule has 5 nitrogen and oxygen atoms in total. The number of rotatable bonds is 11. The fourth-order valence-electron chi connectivity index (χ4n) is 2.29. The highest BCUT2D eigenvalue weighted by Crippen LogP contribution is 2.26. The largest absolute Gasteiger partial charge is 0.465 e. The van der Waals surface area contributed by atoms with Gasteiger partial charge in [0.2, 0.25) is 0 Å². The number of carbonyl (C=O) groups excluding carboxylic acids is 1. The Morgan fingerprint density at radius 3 is 2.65 bits per heavy atom. The molecule has 1 rings (SSSR count). The number of esters is 1. The third kappa shape index (κ3) is 6.20. The lowest BCUT2D eigenvalue weighted by Gasteiger charge is -2.31. The van der Waals surface area contributed by atoms with Crippen LogP contribution in [0.5, 0.6) is 0 Å². The molecule has 0 aliphatic heterocycles. The Kier molecular flexibility index (Phi) is 7.48. The van der Waals surface area contributed by atoms with Gasteiger partial charge in [0.05, 0.1) is 12.7 Å². The van der Waals surface area contributed by atoms with Gasteiger partial charge >= 0.3 is 5.97 Å². The van der Waals surface area contributed by atoms with E-state index in [-0.39, 0.29) is 12.1 Å². The van der Waals surface area contributed by atoms with Crippen molar-refractivity contribution in [2.24, 2.45) is 0 Å². The summed E-state index contributed by atoms with van der Waals surface area (Å²) in [7, 11) is 1.68. The lowest BCUT2D eigenvalue weighted by Crippen LogP contribution is -2.53. The van der Waals surface area contributed by atoms with E-state index < -0.39 is 5.54 Å². The van der Waals surface area contributed by atoms with E-state index in [1.54, 1.807) is 7.11 Å². The van der Waals surface area contributed by atoms with Gasteiger partial charge in [-0.15, -0.1) is 0 Å². The van der Waals surface area contributed by atoms with E-state index in [0.29, 0.717) is 32.3 Å². The highest BCUT2D eigenvalue weighted by Gasteiger charge is 2.40. The second-order valence-corrected chi connectivity index (χ2v) is 5.70. The van der Waals surface area contributed by atoms with Crippen molar-refractivity contribution in [3.05, 3.63) is 0 Å². The molecule has 0 saturated heterocycles. The van der Waals surface area contributed by atoms with Crippen LogP contribution in [0.25, 0.3) is 0 Å². The Labute approximate surface area is 122 Å². The third-order valence-electron chi connectivity index (χ3n) is 3.42. The maximum atomic E-state index is 12.2. The molecule has 0 aromatic heterocycles. The fourth-order valence-corrected chi connectivity index (χ4v) is 2.29. The predicted octanol–water partition coefficient (Wildman–Crippen LogP) is 1.89. The van der Waals surface area contributed by atoms with E-state index in [9.17, 15) is 4.79 Å². The molecule has 1 fully saturated rings. The van der Waals surface area contributed by atoms with Gasteiger partial charge in [-0.3, -0.25) is 10.1 Å². The van der Waals surface area contributed by atoms with Crippen LogP contribution in [0, 0.1) is 0 Å². The van der Waals surface area contributed by atoms with E-state index >= 15 is 0 Å². The molecule has 0 radical (unpaired) electrons. The van der Waals surface area contributed by atoms with E-state index in [1.165, 1.54) is 0 Å². The number of hydrogen-bond acceptors (Lipinski definition) is 5. The quantitative estimate of drug-likeness (QED) is 0.464. The first-order valence-electron chi connectivity index (χ1n) is 7.57. The van der Waals surface area contributed by atoms with Crippen molar-refractivity contribution in [2.45, 2.75) is 64.1 Å². The molecule has 1 aliphatic rings. The van der Waals surface area contributed by atoms with Crippen molar-refractivity contribution < 1.29 is 19.0 Å². The first-order valence-corrected chi connectivity index (χ1v) is 7.57. The highest BCUT2D eigenvalue weighted by atomic mass is 16.5. The van der Waals surface area contributed by atoms with Crippen LogP contribution in [-0.4, -0.2) is 50.6 Å². The Hall–Kier alpha value is -0.650. The third-order valence-corrected chi connectivity index (χ3v) is 3.42. The Bertz CT molecular complexity index is 294. The zero-order valence-corrected chi connectivity index (χ0v) is 13.2. The zero-order valence-electron chi connectivity index (χ0n) is 13.2. The average molecular weight is 287 g/mol. The van der Waals surface area contributed by atoms with Crippen LogP contribution in [0.1, 0.15) is 46.5 Å². The first-order chi connectivity index (χ1) is 9.51. The van der Waals surface area contributed by atoms with Crippen molar-refractivity contribution in [3.63, 3.8) is 0 Å². The lowest BCUT2D eigenvalue weighted by atomic mass is 9.94. The molecule has 118 valence electrons. The molecule has 0 bridgehead atoms. The summed E-state index contributed by atoms with van der Waals surface area (Å²) >= 11 is 0. The maximum Gasteiger partial charge on any atom is 0.326 e. The maximum absolute atomic E-state index is 12.2. The van der Waals surface area contributed by atoms with Gasteiger partial charge in [-0.1, -0.05) is 0 Å². The van der Waals surface area contributed by atoms with E-state index in [2.05, 4.69) is 5.32 Å². The van der Waals surface area contributed by atoms with Crippen molar-refractivity contribution in [2.75, 3.05) is 26.9 Å². The van der Waals surface area contributed by atoms with Crippen molar-refractivity contribution in [1.29, 1.82) is 0 Å². The smallest absolute Gasteiger partial charge is 0.326 e. The van der Waals surface area contributed by atoms with Gasteiger partial charge in [0, 0.05) is 32.8 Å². The molecule has 2 atom stereocenters. The molecular formula is C15H29NO4. The monoisotopic (exact) mass is 287 g/mol. The van der Waals surface area contributed by atoms with Crippen molar-refractivity contribution >= 4 is 5.97 Å². The van der Waals surface area contributed by atoms with Crippen LogP contribution in [0.4, 0.5) is 0 Å². The molecule has 1 N–H and O–H groups in total. The molecule has 20 heavy (non-hydrogen) atoms. The number of carbonyl (C=O) groups is 1. The molecule has 0 spiro atoms. The molecule has 0 aromatic rings. The Balaban J connectivity index is 2.43. The minimum Gasteiger partial charge on any atom is -0.465 e. The van der Waals surface area contributed by atoms with Crippen LogP contribution in [-0.2, 0) is 19.0 Å². The lowest BCUT2D eigenvalue weighted by molar-refractivity contribution is -0.152. The van der Waals surface area contributed by atoms with Crippen molar-refractivity contribution in [1.82, 2.24) is 5.32 Å². The summed E-state index contributed by atoms with van der Waals surface area (Å²) < 4.78 is 15.9. The van der Waals surface area contributed by atoms with E-state index in [0.717, 1.165) is 19.3 Å². The molecule has 2 unspecified atom stereocenters. The molecule has 0 heterocycles. The molecule has 1 saturated carbocycles. The summed E-state index contributed by atoms with van der Waals surface area (Å²) in [5.74, 6) is -0.181. The molecule has 0 aromatic carbocycles. The number of methoxy groups -OCH3 is 1. The van der Waals surface area contributed by atoms with Crippen LogP contribution in [0.2, 0.25) is 0 Å². The summed E-state index contributed by atoms with van der Waals surface area (Å²) in [6.45, 7) is 7.50. The number of ether oxygens (including phenoxy) is 3. The minimum absolute atomic E-state index is 0.00696. The number of hydrogen-bond donors (Lipinski definition) is 1. The topological polar surface area (TPSA) is 56.8 Å². The van der Waals surface area contributed by atoms with Gasteiger partial charge in [0.25, 0.3) is 0 Å². The van der Waals surface area contributed by atoms with Gasteiger partial charge in [-0.2, -0.15) is 0 Å². The molecular weight excluding hydrogens is 258 g/mol. The van der Waals surface area contributed by atoms with Crippen LogP contribution < -0.4 is 5.32 Å². The number of nitrogens with one attached hydrogen (secondary N) is 1. The van der Waals surface area contributed by atoms with Crippen LogP contribution in [0.15, 0.2) is 0 Å². The summed E-state index contributed by atoms with van der Waals surface area (Å²) in [5, 5.41) is 3.41. The minimum atomic E-state index is -0.655.